The van der Waals surface area contributed by atoms with Crippen LogP contribution >= 0.6 is 11.8 Å². The second kappa shape index (κ2) is 8.56. The van der Waals surface area contributed by atoms with Gasteiger partial charge in [0.15, 0.2) is 0 Å². The molecule has 1 aromatic heterocycles. The Bertz CT molecular complexity index is 269. The van der Waals surface area contributed by atoms with Crippen molar-refractivity contribution in [3.63, 3.8) is 0 Å². The van der Waals surface area contributed by atoms with Crippen LogP contribution in [0.15, 0.2) is 29.4 Å². The number of aliphatic hydroxyl groups is 1. The molecule has 0 radical (unpaired) electrons. The third-order valence-corrected chi connectivity index (χ3v) is 3.20. The minimum Gasteiger partial charge on any atom is -0.390 e. The van der Waals surface area contributed by atoms with Gasteiger partial charge in [0.1, 0.15) is 0 Å². The molecule has 1 heterocycles. The van der Waals surface area contributed by atoms with Crippen LogP contribution in [-0.4, -0.2) is 35.2 Å². The zero-order chi connectivity index (χ0) is 11.6. The van der Waals surface area contributed by atoms with Gasteiger partial charge >= 0.3 is 0 Å². The Balaban J connectivity index is 2.08. The first-order valence-corrected chi connectivity index (χ1v) is 6.60. The molecule has 4 heteroatoms. The molecule has 1 N–H and O–H groups in total. The molecule has 0 saturated heterocycles. The predicted molar refractivity (Wildman–Crippen MR) is 66.7 cm³/mol. The molecule has 3 nitrogen and oxygen atoms in total. The number of hydrogen-bond donors (Lipinski definition) is 1. The fourth-order valence-electron chi connectivity index (χ4n) is 1.14. The van der Waals surface area contributed by atoms with Crippen LogP contribution < -0.4 is 0 Å². The third-order valence-electron chi connectivity index (χ3n) is 2.04. The summed E-state index contributed by atoms with van der Waals surface area (Å²) in [6, 6.07) is 3.88. The summed E-state index contributed by atoms with van der Waals surface area (Å²) in [4.78, 5) is 5.07. The Hall–Kier alpha value is -0.580. The van der Waals surface area contributed by atoms with Crippen molar-refractivity contribution in [1.29, 1.82) is 0 Å². The maximum atomic E-state index is 9.65. The van der Waals surface area contributed by atoms with E-state index in [1.165, 1.54) is 0 Å². The van der Waals surface area contributed by atoms with Crippen LogP contribution in [0.3, 0.4) is 0 Å². The highest BCUT2D eigenvalue weighted by atomic mass is 32.2. The van der Waals surface area contributed by atoms with E-state index in [1.807, 2.05) is 12.1 Å². The number of hydrogen-bond acceptors (Lipinski definition) is 4. The van der Waals surface area contributed by atoms with Gasteiger partial charge in [0.25, 0.3) is 0 Å². The Morgan fingerprint density at radius 2 is 2.19 bits per heavy atom. The average Bonchev–Trinajstić information content (AvgIpc) is 2.33. The largest absolute Gasteiger partial charge is 0.390 e. The van der Waals surface area contributed by atoms with Gasteiger partial charge in [0.2, 0.25) is 0 Å². The van der Waals surface area contributed by atoms with Crippen molar-refractivity contribution in [2.24, 2.45) is 0 Å². The van der Waals surface area contributed by atoms with E-state index in [0.717, 1.165) is 24.3 Å². The van der Waals surface area contributed by atoms with E-state index in [2.05, 4.69) is 11.9 Å². The maximum absolute atomic E-state index is 9.65. The van der Waals surface area contributed by atoms with E-state index in [1.54, 1.807) is 24.2 Å². The highest BCUT2D eigenvalue weighted by Gasteiger charge is 2.04. The van der Waals surface area contributed by atoms with E-state index in [9.17, 15) is 5.11 Å². The standard InChI is InChI=1S/C12H19NO2S/c1-2-3-8-15-9-11(14)10-16-12-4-6-13-7-5-12/h4-7,11,14H,2-3,8-10H2,1H3/t11-/m0/s1. The van der Waals surface area contributed by atoms with E-state index in [0.29, 0.717) is 12.4 Å². The lowest BCUT2D eigenvalue weighted by atomic mass is 10.3. The van der Waals surface area contributed by atoms with Crippen molar-refractivity contribution in [3.05, 3.63) is 24.5 Å². The molecular weight excluding hydrogens is 222 g/mol. The highest BCUT2D eigenvalue weighted by molar-refractivity contribution is 7.99. The van der Waals surface area contributed by atoms with Gasteiger partial charge in [-0.3, -0.25) is 4.98 Å². The molecule has 0 aliphatic heterocycles. The van der Waals surface area contributed by atoms with Gasteiger partial charge in [0.05, 0.1) is 12.7 Å². The summed E-state index contributed by atoms with van der Waals surface area (Å²) in [5, 5.41) is 9.65. The van der Waals surface area contributed by atoms with Crippen molar-refractivity contribution in [3.8, 4) is 0 Å². The number of aliphatic hydroxyl groups excluding tert-OH is 1. The fourth-order valence-corrected chi connectivity index (χ4v) is 1.94. The molecule has 0 aliphatic carbocycles. The van der Waals surface area contributed by atoms with Crippen molar-refractivity contribution < 1.29 is 9.84 Å². The van der Waals surface area contributed by atoms with Gasteiger partial charge < -0.3 is 9.84 Å². The summed E-state index contributed by atoms with van der Waals surface area (Å²) in [6.07, 6.45) is 5.31. The Labute approximate surface area is 101 Å². The Morgan fingerprint density at radius 1 is 1.44 bits per heavy atom. The maximum Gasteiger partial charge on any atom is 0.0867 e. The molecule has 1 atom stereocenters. The number of pyridine rings is 1. The fraction of sp³-hybridized carbons (Fsp3) is 0.583. The first-order valence-electron chi connectivity index (χ1n) is 5.61. The zero-order valence-electron chi connectivity index (χ0n) is 9.63. The number of rotatable bonds is 8. The molecule has 0 fully saturated rings. The molecule has 0 unspecified atom stereocenters. The van der Waals surface area contributed by atoms with E-state index in [-0.39, 0.29) is 0 Å². The van der Waals surface area contributed by atoms with Gasteiger partial charge in [0, 0.05) is 29.6 Å². The van der Waals surface area contributed by atoms with Gasteiger partial charge in [-0.2, -0.15) is 0 Å². The van der Waals surface area contributed by atoms with Crippen LogP contribution in [0.5, 0.6) is 0 Å². The second-order valence-corrected chi connectivity index (χ2v) is 4.67. The van der Waals surface area contributed by atoms with Crippen molar-refractivity contribution >= 4 is 11.8 Å². The third kappa shape index (κ3) is 6.10. The first-order chi connectivity index (χ1) is 7.83. The van der Waals surface area contributed by atoms with Gasteiger partial charge in [-0.25, -0.2) is 0 Å². The lowest BCUT2D eigenvalue weighted by Crippen LogP contribution is -2.18. The molecule has 0 amide bonds. The van der Waals surface area contributed by atoms with Gasteiger partial charge in [-0.1, -0.05) is 13.3 Å². The summed E-state index contributed by atoms with van der Waals surface area (Å²) in [5.74, 6) is 0.663. The Morgan fingerprint density at radius 3 is 2.88 bits per heavy atom. The molecule has 0 bridgehead atoms. The predicted octanol–water partition coefficient (Wildman–Crippen LogP) is 2.35. The minimum absolute atomic E-state index is 0.393. The Kier molecular flexibility index (Phi) is 7.21. The molecule has 0 saturated carbocycles. The SMILES string of the molecule is CCCCOC[C@H](O)CSc1ccncc1. The van der Waals surface area contributed by atoms with Crippen molar-refractivity contribution in [2.45, 2.75) is 30.8 Å². The zero-order valence-corrected chi connectivity index (χ0v) is 10.4. The number of ether oxygens (including phenoxy) is 1. The first kappa shape index (κ1) is 13.5. The van der Waals surface area contributed by atoms with Crippen LogP contribution in [-0.2, 0) is 4.74 Å². The van der Waals surface area contributed by atoms with Crippen LogP contribution in [0.2, 0.25) is 0 Å². The quantitative estimate of drug-likeness (QED) is 0.560. The molecule has 1 rings (SSSR count). The summed E-state index contributed by atoms with van der Waals surface area (Å²) in [7, 11) is 0. The lowest BCUT2D eigenvalue weighted by molar-refractivity contribution is 0.0473. The molecule has 0 spiro atoms. The molecule has 1 aromatic rings. The molecule has 0 aliphatic rings. The molecule has 16 heavy (non-hydrogen) atoms. The van der Waals surface area contributed by atoms with E-state index >= 15 is 0 Å². The minimum atomic E-state index is -0.393. The summed E-state index contributed by atoms with van der Waals surface area (Å²) >= 11 is 1.62. The van der Waals surface area contributed by atoms with Crippen LogP contribution in [0, 0.1) is 0 Å². The van der Waals surface area contributed by atoms with Crippen molar-refractivity contribution in [2.75, 3.05) is 19.0 Å². The normalized spacial score (nSPS) is 12.6. The summed E-state index contributed by atoms with van der Waals surface area (Å²) in [6.45, 7) is 3.30. The van der Waals surface area contributed by atoms with Crippen LogP contribution in [0.25, 0.3) is 0 Å². The summed E-state index contributed by atoms with van der Waals surface area (Å²) in [5.41, 5.74) is 0. The van der Waals surface area contributed by atoms with Crippen LogP contribution in [0.1, 0.15) is 19.8 Å². The van der Waals surface area contributed by atoms with E-state index in [4.69, 9.17) is 4.74 Å². The second-order valence-electron chi connectivity index (χ2n) is 3.58. The average molecular weight is 241 g/mol. The van der Waals surface area contributed by atoms with Gasteiger partial charge in [-0.15, -0.1) is 11.8 Å². The monoisotopic (exact) mass is 241 g/mol. The summed E-state index contributed by atoms with van der Waals surface area (Å²) < 4.78 is 5.35. The number of thioether (sulfide) groups is 1. The van der Waals surface area contributed by atoms with Gasteiger partial charge in [-0.05, 0) is 18.6 Å². The van der Waals surface area contributed by atoms with Crippen LogP contribution in [0.4, 0.5) is 0 Å². The highest BCUT2D eigenvalue weighted by Crippen LogP contribution is 2.17. The molecular formula is C12H19NO2S. The van der Waals surface area contributed by atoms with E-state index < -0.39 is 6.10 Å². The molecule has 90 valence electrons. The number of unbranched alkanes of at least 4 members (excludes halogenated alkanes) is 1. The number of aromatic nitrogens is 1. The number of nitrogens with zero attached hydrogens (tertiary/aromatic N) is 1. The topological polar surface area (TPSA) is 42.4 Å². The van der Waals surface area contributed by atoms with Crippen molar-refractivity contribution in [1.82, 2.24) is 4.98 Å². The smallest absolute Gasteiger partial charge is 0.0867 e. The molecule has 0 aromatic carbocycles. The lowest BCUT2D eigenvalue weighted by Gasteiger charge is -2.10.